The summed E-state index contributed by atoms with van der Waals surface area (Å²) in [7, 11) is 2.10. The quantitative estimate of drug-likeness (QED) is 0.846. The number of alkyl halides is 3. The van der Waals surface area contributed by atoms with Crippen molar-refractivity contribution in [3.05, 3.63) is 29.5 Å². The number of likely N-dealkylation sites (tertiary alicyclic amines) is 1. The highest BCUT2D eigenvalue weighted by molar-refractivity contribution is 5.70. The lowest BCUT2D eigenvalue weighted by Gasteiger charge is -2.36. The molecule has 28 heavy (non-hydrogen) atoms. The lowest BCUT2D eigenvalue weighted by atomic mass is 9.92. The van der Waals surface area contributed by atoms with Gasteiger partial charge in [0.15, 0.2) is 0 Å². The molecule has 2 aliphatic heterocycles. The Hall–Kier alpha value is -2.42. The number of hydrogen-bond donors (Lipinski definition) is 1. The minimum absolute atomic E-state index is 0.219. The topological polar surface area (TPSA) is 65.4 Å². The van der Waals surface area contributed by atoms with Crippen LogP contribution in [0.1, 0.15) is 24.0 Å². The Bertz CT molecular complexity index is 848. The maximum Gasteiger partial charge on any atom is 0.416 e. The number of phenolic OH excluding ortho intramolecular Hbond substituents is 1. The number of hydrogen-bond acceptors (Lipinski definition) is 6. The number of likely N-dealkylation sites (N-methyl/N-ethyl adjacent to an activating group) is 1. The van der Waals surface area contributed by atoms with Gasteiger partial charge in [0, 0.05) is 24.7 Å². The second-order valence-corrected chi connectivity index (χ2v) is 7.69. The maximum absolute atomic E-state index is 12.9. The van der Waals surface area contributed by atoms with Crippen LogP contribution in [0.3, 0.4) is 0 Å². The van der Waals surface area contributed by atoms with E-state index in [1.54, 1.807) is 0 Å². The molecule has 9 heteroatoms. The van der Waals surface area contributed by atoms with Crippen molar-refractivity contribution in [2.45, 2.75) is 32.0 Å². The molecule has 2 aliphatic rings. The monoisotopic (exact) mass is 393 g/mol. The summed E-state index contributed by atoms with van der Waals surface area (Å²) in [6, 6.07) is 2.06. The van der Waals surface area contributed by atoms with Gasteiger partial charge in [-0.05, 0) is 57.0 Å². The van der Waals surface area contributed by atoms with Crippen LogP contribution in [0.15, 0.2) is 18.3 Å². The molecule has 0 spiro atoms. The molecule has 2 atom stereocenters. The second-order valence-electron chi connectivity index (χ2n) is 7.69. The lowest BCUT2D eigenvalue weighted by molar-refractivity contribution is -0.137. The van der Waals surface area contributed by atoms with E-state index in [2.05, 4.69) is 32.0 Å². The summed E-state index contributed by atoms with van der Waals surface area (Å²) in [5.74, 6) is 0.669. The standard InChI is InChI=1S/C19H22F3N5O/c1-11-7-13(19(20,21)22)8-16(28)17(11)14-9-23-18(25-24-14)27-6-4-12-3-5-26(2)10-15(12)27/h7-9,12,15,28H,3-6,10H2,1-2H3. The van der Waals surface area contributed by atoms with Crippen LogP contribution in [-0.4, -0.2) is 57.9 Å². The van der Waals surface area contributed by atoms with Crippen molar-refractivity contribution in [2.24, 2.45) is 5.92 Å². The van der Waals surface area contributed by atoms with E-state index in [1.165, 1.54) is 13.1 Å². The number of phenols is 1. The predicted octanol–water partition coefficient (Wildman–Crippen LogP) is 3.10. The summed E-state index contributed by atoms with van der Waals surface area (Å²) >= 11 is 0. The van der Waals surface area contributed by atoms with Gasteiger partial charge in [-0.15, -0.1) is 10.2 Å². The largest absolute Gasteiger partial charge is 0.507 e. The lowest BCUT2D eigenvalue weighted by Crippen LogP contribution is -2.47. The second kappa shape index (κ2) is 6.88. The third-order valence-corrected chi connectivity index (χ3v) is 5.77. The number of rotatable bonds is 2. The zero-order valence-corrected chi connectivity index (χ0v) is 15.7. The number of fused-ring (bicyclic) bond motifs is 1. The van der Waals surface area contributed by atoms with Gasteiger partial charge in [-0.2, -0.15) is 13.2 Å². The SMILES string of the molecule is Cc1cc(C(F)(F)F)cc(O)c1-c1cnc(N2CCC3CCN(C)CC32)nn1. The van der Waals surface area contributed by atoms with Gasteiger partial charge >= 0.3 is 6.18 Å². The highest BCUT2D eigenvalue weighted by atomic mass is 19.4. The summed E-state index contributed by atoms with van der Waals surface area (Å²) in [5, 5.41) is 18.5. The average molecular weight is 393 g/mol. The van der Waals surface area contributed by atoms with Crippen molar-refractivity contribution in [1.82, 2.24) is 20.1 Å². The minimum atomic E-state index is -4.52. The molecule has 2 aromatic rings. The first-order valence-corrected chi connectivity index (χ1v) is 9.30. The summed E-state index contributed by atoms with van der Waals surface area (Å²) in [6.45, 7) is 4.42. The van der Waals surface area contributed by atoms with E-state index in [9.17, 15) is 18.3 Å². The van der Waals surface area contributed by atoms with Crippen LogP contribution in [0.4, 0.5) is 19.1 Å². The average Bonchev–Trinajstić information content (AvgIpc) is 3.04. The molecule has 0 radical (unpaired) electrons. The predicted molar refractivity (Wildman–Crippen MR) is 98.0 cm³/mol. The fourth-order valence-electron chi connectivity index (χ4n) is 4.33. The van der Waals surface area contributed by atoms with Gasteiger partial charge in [0.1, 0.15) is 11.4 Å². The van der Waals surface area contributed by atoms with E-state index < -0.39 is 17.5 Å². The number of aryl methyl sites for hydroxylation is 1. The maximum atomic E-state index is 12.9. The van der Waals surface area contributed by atoms with Gasteiger partial charge in [0.05, 0.1) is 11.8 Å². The first kappa shape index (κ1) is 18.9. The Morgan fingerprint density at radius 3 is 2.54 bits per heavy atom. The zero-order valence-electron chi connectivity index (χ0n) is 15.7. The molecule has 4 rings (SSSR count). The van der Waals surface area contributed by atoms with Crippen molar-refractivity contribution in [1.29, 1.82) is 0 Å². The molecule has 2 fully saturated rings. The van der Waals surface area contributed by atoms with Gasteiger partial charge in [0.25, 0.3) is 0 Å². The van der Waals surface area contributed by atoms with Crippen LogP contribution in [0.25, 0.3) is 11.3 Å². The van der Waals surface area contributed by atoms with E-state index in [0.717, 1.165) is 38.5 Å². The highest BCUT2D eigenvalue weighted by Gasteiger charge is 2.39. The molecule has 1 aromatic heterocycles. The van der Waals surface area contributed by atoms with Crippen molar-refractivity contribution in [2.75, 3.05) is 31.6 Å². The molecule has 1 aromatic carbocycles. The Labute approximate surface area is 161 Å². The molecule has 0 saturated carbocycles. The molecular formula is C19H22F3N5O. The van der Waals surface area contributed by atoms with Gasteiger partial charge in [0.2, 0.25) is 5.95 Å². The van der Waals surface area contributed by atoms with Crippen LogP contribution in [-0.2, 0) is 6.18 Å². The fourth-order valence-corrected chi connectivity index (χ4v) is 4.33. The number of anilines is 1. The first-order valence-electron chi connectivity index (χ1n) is 9.30. The van der Waals surface area contributed by atoms with Gasteiger partial charge in [-0.1, -0.05) is 0 Å². The number of nitrogens with zero attached hydrogens (tertiary/aromatic N) is 5. The highest BCUT2D eigenvalue weighted by Crippen LogP contribution is 2.38. The summed E-state index contributed by atoms with van der Waals surface area (Å²) in [5.41, 5.74) is -0.153. The Kier molecular flexibility index (Phi) is 4.65. The number of piperidine rings is 1. The Morgan fingerprint density at radius 2 is 1.89 bits per heavy atom. The van der Waals surface area contributed by atoms with Crippen LogP contribution < -0.4 is 4.90 Å². The summed E-state index contributed by atoms with van der Waals surface area (Å²) in [6.07, 6.45) is -0.796. The molecule has 0 aliphatic carbocycles. The molecular weight excluding hydrogens is 371 g/mol. The Balaban J connectivity index is 1.61. The van der Waals surface area contributed by atoms with Crippen molar-refractivity contribution < 1.29 is 18.3 Å². The van der Waals surface area contributed by atoms with E-state index >= 15 is 0 Å². The molecule has 6 nitrogen and oxygen atoms in total. The van der Waals surface area contributed by atoms with Crippen LogP contribution >= 0.6 is 0 Å². The molecule has 0 bridgehead atoms. The summed E-state index contributed by atoms with van der Waals surface area (Å²) < 4.78 is 38.7. The smallest absolute Gasteiger partial charge is 0.416 e. The van der Waals surface area contributed by atoms with Crippen LogP contribution in [0, 0.1) is 12.8 Å². The Morgan fingerprint density at radius 1 is 1.14 bits per heavy atom. The first-order chi connectivity index (χ1) is 13.2. The van der Waals surface area contributed by atoms with E-state index in [1.807, 2.05) is 0 Å². The van der Waals surface area contributed by atoms with Gasteiger partial charge in [-0.3, -0.25) is 0 Å². The van der Waals surface area contributed by atoms with Gasteiger partial charge in [-0.25, -0.2) is 4.98 Å². The fraction of sp³-hybridized carbons (Fsp3) is 0.526. The normalized spacial score (nSPS) is 23.1. The zero-order chi connectivity index (χ0) is 20.1. The third-order valence-electron chi connectivity index (χ3n) is 5.77. The number of halogens is 3. The molecule has 1 N–H and O–H groups in total. The molecule has 2 unspecified atom stereocenters. The minimum Gasteiger partial charge on any atom is -0.507 e. The van der Waals surface area contributed by atoms with Crippen molar-refractivity contribution in [3.8, 4) is 17.0 Å². The van der Waals surface area contributed by atoms with Crippen molar-refractivity contribution >= 4 is 5.95 Å². The number of aromatic nitrogens is 3. The third kappa shape index (κ3) is 3.39. The van der Waals surface area contributed by atoms with Gasteiger partial charge < -0.3 is 14.9 Å². The molecule has 3 heterocycles. The van der Waals surface area contributed by atoms with E-state index in [-0.39, 0.29) is 16.8 Å². The number of aromatic hydroxyl groups is 1. The van der Waals surface area contributed by atoms with Crippen molar-refractivity contribution in [3.63, 3.8) is 0 Å². The van der Waals surface area contributed by atoms with Crippen LogP contribution in [0.5, 0.6) is 5.75 Å². The molecule has 150 valence electrons. The van der Waals surface area contributed by atoms with E-state index in [0.29, 0.717) is 24.0 Å². The molecule has 0 amide bonds. The number of benzene rings is 1. The molecule has 2 saturated heterocycles. The van der Waals surface area contributed by atoms with E-state index in [4.69, 9.17) is 0 Å². The van der Waals surface area contributed by atoms with Crippen LogP contribution in [0.2, 0.25) is 0 Å². The summed E-state index contributed by atoms with van der Waals surface area (Å²) in [4.78, 5) is 8.87.